The molecule has 8 nitrogen and oxygen atoms in total. The van der Waals surface area contributed by atoms with Gasteiger partial charge in [0.05, 0.1) is 19.7 Å². The van der Waals surface area contributed by atoms with Crippen molar-refractivity contribution in [2.24, 2.45) is 0 Å². The number of thiazole rings is 1. The number of hydrogen-bond acceptors (Lipinski definition) is 7. The summed E-state index contributed by atoms with van der Waals surface area (Å²) in [7, 11) is 3.16. The first-order valence-electron chi connectivity index (χ1n) is 8.92. The fourth-order valence-electron chi connectivity index (χ4n) is 2.81. The number of hydrogen-bond donors (Lipinski definition) is 2. The monoisotopic (exact) mass is 422 g/mol. The number of amides is 2. The Kier molecular flexibility index (Phi) is 5.62. The first kappa shape index (κ1) is 19.5. The van der Waals surface area contributed by atoms with Gasteiger partial charge in [0.2, 0.25) is 0 Å². The van der Waals surface area contributed by atoms with Crippen LogP contribution in [0.1, 0.15) is 0 Å². The largest absolute Gasteiger partial charge is 0.493 e. The molecule has 152 valence electrons. The molecule has 30 heavy (non-hydrogen) atoms. The van der Waals surface area contributed by atoms with E-state index in [0.29, 0.717) is 33.8 Å². The summed E-state index contributed by atoms with van der Waals surface area (Å²) < 4.78 is 16.7. The number of nitrogens with one attached hydrogen (secondary N) is 2. The van der Waals surface area contributed by atoms with E-state index in [0.717, 1.165) is 10.9 Å². The van der Waals surface area contributed by atoms with Gasteiger partial charge >= 0.3 is 6.03 Å². The fraction of sp³-hybridized carbons (Fsp3) is 0.0952. The summed E-state index contributed by atoms with van der Waals surface area (Å²) in [6, 6.07) is 12.1. The Morgan fingerprint density at radius 1 is 0.900 bits per heavy atom. The molecule has 4 rings (SSSR count). The van der Waals surface area contributed by atoms with Crippen molar-refractivity contribution in [2.75, 3.05) is 24.9 Å². The average Bonchev–Trinajstić information content (AvgIpc) is 3.27. The van der Waals surface area contributed by atoms with Crippen molar-refractivity contribution in [2.45, 2.75) is 0 Å². The number of benzene rings is 2. The standard InChI is InChI=1S/C21H18N4O4S/c1-27-18-11-15-16(12-19(18)28-2)22-8-7-17(15)29-14-5-3-13(4-6-14)24-20(26)25-21-23-9-10-30-21/h3-12H,1-2H3,(H2,23,24,25,26). The highest BCUT2D eigenvalue weighted by atomic mass is 32.1. The molecule has 2 amide bonds. The minimum Gasteiger partial charge on any atom is -0.493 e. The van der Waals surface area contributed by atoms with Crippen molar-refractivity contribution in [1.29, 1.82) is 0 Å². The Labute approximate surface area is 176 Å². The molecular formula is C21H18N4O4S. The molecule has 2 aromatic heterocycles. The van der Waals surface area contributed by atoms with E-state index in [1.165, 1.54) is 11.3 Å². The van der Waals surface area contributed by atoms with E-state index in [2.05, 4.69) is 20.6 Å². The molecule has 2 heterocycles. The van der Waals surface area contributed by atoms with E-state index in [4.69, 9.17) is 14.2 Å². The third-order valence-corrected chi connectivity index (χ3v) is 4.89. The lowest BCUT2D eigenvalue weighted by Crippen LogP contribution is -2.19. The molecular weight excluding hydrogens is 404 g/mol. The predicted molar refractivity (Wildman–Crippen MR) is 116 cm³/mol. The number of nitrogens with zero attached hydrogens (tertiary/aromatic N) is 2. The van der Waals surface area contributed by atoms with Gasteiger partial charge in [-0.2, -0.15) is 0 Å². The minimum absolute atomic E-state index is 0.361. The molecule has 0 atom stereocenters. The second-order valence-corrected chi connectivity index (χ2v) is 6.97. The molecule has 0 aliphatic heterocycles. The SMILES string of the molecule is COc1cc2nccc(Oc3ccc(NC(=O)Nc4nccs4)cc3)c2cc1OC. The molecule has 2 N–H and O–H groups in total. The van der Waals surface area contributed by atoms with Crippen LogP contribution in [0.4, 0.5) is 15.6 Å². The Morgan fingerprint density at radius 3 is 2.37 bits per heavy atom. The number of methoxy groups -OCH3 is 2. The molecule has 9 heteroatoms. The van der Waals surface area contributed by atoms with Crippen molar-refractivity contribution in [3.63, 3.8) is 0 Å². The number of ether oxygens (including phenoxy) is 3. The summed E-state index contributed by atoms with van der Waals surface area (Å²) in [6.45, 7) is 0. The molecule has 0 saturated carbocycles. The summed E-state index contributed by atoms with van der Waals surface area (Å²) >= 11 is 1.35. The van der Waals surface area contributed by atoms with Gasteiger partial charge in [0.25, 0.3) is 0 Å². The second kappa shape index (κ2) is 8.66. The van der Waals surface area contributed by atoms with Crippen molar-refractivity contribution in [3.8, 4) is 23.0 Å². The quantitative estimate of drug-likeness (QED) is 0.447. The fourth-order valence-corrected chi connectivity index (χ4v) is 3.34. The van der Waals surface area contributed by atoms with Crippen molar-refractivity contribution < 1.29 is 19.0 Å². The molecule has 0 aliphatic rings. The van der Waals surface area contributed by atoms with Crippen molar-refractivity contribution in [3.05, 3.63) is 60.2 Å². The molecule has 0 spiro atoms. The summed E-state index contributed by atoms with van der Waals surface area (Å²) in [4.78, 5) is 20.4. The molecule has 0 bridgehead atoms. The van der Waals surface area contributed by atoms with E-state index in [1.807, 2.05) is 6.07 Å². The van der Waals surface area contributed by atoms with Crippen LogP contribution in [0.2, 0.25) is 0 Å². The number of fused-ring (bicyclic) bond motifs is 1. The van der Waals surface area contributed by atoms with Gasteiger partial charge in [-0.3, -0.25) is 10.3 Å². The van der Waals surface area contributed by atoms with Crippen molar-refractivity contribution >= 4 is 39.1 Å². The van der Waals surface area contributed by atoms with Crippen LogP contribution < -0.4 is 24.8 Å². The normalized spacial score (nSPS) is 10.5. The Balaban J connectivity index is 1.50. The van der Waals surface area contributed by atoms with Crippen LogP contribution in [0.25, 0.3) is 10.9 Å². The van der Waals surface area contributed by atoms with Crippen LogP contribution in [-0.4, -0.2) is 30.2 Å². The lowest BCUT2D eigenvalue weighted by Gasteiger charge is -2.12. The van der Waals surface area contributed by atoms with Gasteiger partial charge in [-0.25, -0.2) is 9.78 Å². The number of aromatic nitrogens is 2. The first-order chi connectivity index (χ1) is 14.7. The van der Waals surface area contributed by atoms with Gasteiger partial charge in [0.15, 0.2) is 16.6 Å². The highest BCUT2D eigenvalue weighted by Crippen LogP contribution is 2.36. The van der Waals surface area contributed by atoms with Gasteiger partial charge in [-0.05, 0) is 36.4 Å². The first-order valence-corrected chi connectivity index (χ1v) is 9.80. The summed E-state index contributed by atoms with van der Waals surface area (Å²) in [5.74, 6) is 2.43. The lowest BCUT2D eigenvalue weighted by atomic mass is 10.2. The maximum absolute atomic E-state index is 12.0. The van der Waals surface area contributed by atoms with Crippen LogP contribution in [0.3, 0.4) is 0 Å². The zero-order valence-electron chi connectivity index (χ0n) is 16.2. The molecule has 2 aromatic carbocycles. The molecule has 0 fully saturated rings. The van der Waals surface area contributed by atoms with Gasteiger partial charge in [-0.15, -0.1) is 11.3 Å². The van der Waals surface area contributed by atoms with Crippen LogP contribution in [-0.2, 0) is 0 Å². The lowest BCUT2D eigenvalue weighted by molar-refractivity contribution is 0.262. The highest BCUT2D eigenvalue weighted by Gasteiger charge is 2.11. The van der Waals surface area contributed by atoms with E-state index in [-0.39, 0.29) is 6.03 Å². The summed E-state index contributed by atoms with van der Waals surface area (Å²) in [6.07, 6.45) is 3.29. The number of pyridine rings is 1. The summed E-state index contributed by atoms with van der Waals surface area (Å²) in [5.41, 5.74) is 1.35. The number of carbonyl (C=O) groups excluding carboxylic acids is 1. The van der Waals surface area contributed by atoms with Crippen LogP contribution in [0.15, 0.2) is 60.2 Å². The maximum atomic E-state index is 12.0. The van der Waals surface area contributed by atoms with E-state index >= 15 is 0 Å². The van der Waals surface area contributed by atoms with E-state index < -0.39 is 0 Å². The topological polar surface area (TPSA) is 94.6 Å². The second-order valence-electron chi connectivity index (χ2n) is 6.08. The highest BCUT2D eigenvalue weighted by molar-refractivity contribution is 7.13. The van der Waals surface area contributed by atoms with Gasteiger partial charge in [-0.1, -0.05) is 0 Å². The van der Waals surface area contributed by atoms with E-state index in [9.17, 15) is 4.79 Å². The molecule has 0 radical (unpaired) electrons. The van der Waals surface area contributed by atoms with Gasteiger partial charge < -0.3 is 19.5 Å². The average molecular weight is 422 g/mol. The van der Waals surface area contributed by atoms with Crippen LogP contribution >= 0.6 is 11.3 Å². The molecule has 0 saturated heterocycles. The zero-order chi connectivity index (χ0) is 20.9. The smallest absolute Gasteiger partial charge is 0.325 e. The zero-order valence-corrected chi connectivity index (χ0v) is 17.0. The van der Waals surface area contributed by atoms with Crippen LogP contribution in [0.5, 0.6) is 23.0 Å². The number of carbonyl (C=O) groups is 1. The Morgan fingerprint density at radius 2 is 1.67 bits per heavy atom. The summed E-state index contributed by atoms with van der Waals surface area (Å²) in [5, 5.41) is 8.52. The minimum atomic E-state index is -0.361. The Bertz CT molecular complexity index is 1160. The van der Waals surface area contributed by atoms with E-state index in [1.54, 1.807) is 68.4 Å². The third-order valence-electron chi connectivity index (χ3n) is 4.20. The van der Waals surface area contributed by atoms with Gasteiger partial charge in [0, 0.05) is 34.9 Å². The molecule has 0 aliphatic carbocycles. The number of urea groups is 1. The number of anilines is 2. The Hall–Kier alpha value is -3.85. The van der Waals surface area contributed by atoms with Crippen LogP contribution in [0, 0.1) is 0 Å². The van der Waals surface area contributed by atoms with Crippen molar-refractivity contribution in [1.82, 2.24) is 9.97 Å². The third kappa shape index (κ3) is 4.26. The predicted octanol–water partition coefficient (Wildman–Crippen LogP) is 5.14. The van der Waals surface area contributed by atoms with Gasteiger partial charge in [0.1, 0.15) is 11.5 Å². The molecule has 4 aromatic rings. The number of rotatable bonds is 6. The maximum Gasteiger partial charge on any atom is 0.325 e. The molecule has 0 unspecified atom stereocenters.